The largest absolute Gasteiger partial charge is 0.454 e. The van der Waals surface area contributed by atoms with Crippen LogP contribution in [0.2, 0.25) is 5.02 Å². The van der Waals surface area contributed by atoms with Crippen molar-refractivity contribution >= 4 is 11.6 Å². The van der Waals surface area contributed by atoms with Gasteiger partial charge in [-0.15, -0.1) is 0 Å². The van der Waals surface area contributed by atoms with E-state index in [9.17, 15) is 0 Å². The fraction of sp³-hybridized carbons (Fsp3) is 0.333. The van der Waals surface area contributed by atoms with Gasteiger partial charge < -0.3 is 15.2 Å². The Morgan fingerprint density at radius 3 is 3.00 bits per heavy atom. The summed E-state index contributed by atoms with van der Waals surface area (Å²) < 4.78 is 10.4. The molecule has 0 aliphatic carbocycles. The van der Waals surface area contributed by atoms with Crippen molar-refractivity contribution in [1.29, 1.82) is 0 Å². The van der Waals surface area contributed by atoms with E-state index in [1.165, 1.54) is 0 Å². The number of hydrogen-bond donors (Lipinski definition) is 1. The van der Waals surface area contributed by atoms with E-state index in [0.717, 1.165) is 12.0 Å². The number of rotatable bonds is 2. The van der Waals surface area contributed by atoms with E-state index in [2.05, 4.69) is 0 Å². The molecule has 1 aromatic rings. The van der Waals surface area contributed by atoms with Crippen LogP contribution in [-0.4, -0.2) is 13.3 Å². The van der Waals surface area contributed by atoms with Gasteiger partial charge in [0, 0.05) is 0 Å². The second-order valence-corrected chi connectivity index (χ2v) is 3.19. The molecule has 0 atom stereocenters. The Balaban J connectivity index is 2.40. The molecule has 0 saturated heterocycles. The predicted octanol–water partition coefficient (Wildman–Crippen LogP) is 1.57. The highest BCUT2D eigenvalue weighted by Gasteiger charge is 2.18. The summed E-state index contributed by atoms with van der Waals surface area (Å²) in [5.41, 5.74) is 6.45. The first-order valence-corrected chi connectivity index (χ1v) is 4.48. The van der Waals surface area contributed by atoms with Crippen LogP contribution in [0.4, 0.5) is 0 Å². The average Bonchev–Trinajstić information content (AvgIpc) is 2.58. The first kappa shape index (κ1) is 8.66. The molecule has 0 saturated carbocycles. The lowest BCUT2D eigenvalue weighted by Crippen LogP contribution is -2.03. The fourth-order valence-corrected chi connectivity index (χ4v) is 1.63. The van der Waals surface area contributed by atoms with E-state index in [1.54, 1.807) is 0 Å². The van der Waals surface area contributed by atoms with E-state index in [1.807, 2.05) is 12.1 Å². The summed E-state index contributed by atoms with van der Waals surface area (Å²) in [6, 6.07) is 3.78. The van der Waals surface area contributed by atoms with Gasteiger partial charge in [-0.25, -0.2) is 0 Å². The zero-order chi connectivity index (χ0) is 9.26. The third-order valence-corrected chi connectivity index (χ3v) is 2.39. The van der Waals surface area contributed by atoms with Crippen LogP contribution in [0.25, 0.3) is 0 Å². The highest BCUT2D eigenvalue weighted by molar-refractivity contribution is 6.33. The minimum atomic E-state index is 0.251. The molecule has 0 spiro atoms. The molecular weight excluding hydrogens is 190 g/mol. The van der Waals surface area contributed by atoms with Crippen molar-refractivity contribution in [3.63, 3.8) is 0 Å². The Morgan fingerprint density at radius 2 is 2.23 bits per heavy atom. The first-order chi connectivity index (χ1) is 6.33. The molecule has 0 unspecified atom stereocenters. The van der Waals surface area contributed by atoms with Gasteiger partial charge in [-0.1, -0.05) is 17.7 Å². The summed E-state index contributed by atoms with van der Waals surface area (Å²) in [4.78, 5) is 0. The Kier molecular flexibility index (Phi) is 2.29. The van der Waals surface area contributed by atoms with Gasteiger partial charge in [0.15, 0.2) is 11.5 Å². The second kappa shape index (κ2) is 3.44. The Hall–Kier alpha value is -0.930. The molecule has 1 aliphatic heterocycles. The number of benzene rings is 1. The van der Waals surface area contributed by atoms with Gasteiger partial charge >= 0.3 is 0 Å². The Labute approximate surface area is 81.4 Å². The van der Waals surface area contributed by atoms with Crippen LogP contribution in [0.5, 0.6) is 11.5 Å². The standard InChI is InChI=1S/C9H10ClNO2/c10-8-6(3-4-11)1-2-7-9(8)13-5-12-7/h1-2H,3-5,11H2. The lowest BCUT2D eigenvalue weighted by Gasteiger charge is -2.04. The maximum Gasteiger partial charge on any atom is 0.231 e. The van der Waals surface area contributed by atoms with Crippen molar-refractivity contribution in [2.24, 2.45) is 5.73 Å². The lowest BCUT2D eigenvalue weighted by atomic mass is 10.1. The summed E-state index contributed by atoms with van der Waals surface area (Å²) in [7, 11) is 0. The van der Waals surface area contributed by atoms with E-state index in [4.69, 9.17) is 26.8 Å². The summed E-state index contributed by atoms with van der Waals surface area (Å²) >= 11 is 6.07. The molecule has 1 heterocycles. The van der Waals surface area contributed by atoms with Crippen LogP contribution in [0.1, 0.15) is 5.56 Å². The molecule has 3 nitrogen and oxygen atoms in total. The molecule has 1 aliphatic rings. The van der Waals surface area contributed by atoms with E-state index >= 15 is 0 Å². The second-order valence-electron chi connectivity index (χ2n) is 2.81. The molecule has 0 aromatic heterocycles. The van der Waals surface area contributed by atoms with Crippen molar-refractivity contribution in [1.82, 2.24) is 0 Å². The van der Waals surface area contributed by atoms with Crippen molar-refractivity contribution in [2.45, 2.75) is 6.42 Å². The molecule has 1 aromatic carbocycles. The van der Waals surface area contributed by atoms with Crippen molar-refractivity contribution < 1.29 is 9.47 Å². The number of halogens is 1. The zero-order valence-corrected chi connectivity index (χ0v) is 7.80. The van der Waals surface area contributed by atoms with Gasteiger partial charge in [-0.05, 0) is 24.6 Å². The molecule has 4 heteroatoms. The van der Waals surface area contributed by atoms with Gasteiger partial charge in [0.25, 0.3) is 0 Å². The third kappa shape index (κ3) is 1.45. The van der Waals surface area contributed by atoms with Crippen LogP contribution < -0.4 is 15.2 Å². The number of ether oxygens (including phenoxy) is 2. The van der Waals surface area contributed by atoms with Gasteiger partial charge in [-0.3, -0.25) is 0 Å². The van der Waals surface area contributed by atoms with Crippen LogP contribution in [0.15, 0.2) is 12.1 Å². The molecular formula is C9H10ClNO2. The van der Waals surface area contributed by atoms with Gasteiger partial charge in [0.2, 0.25) is 6.79 Å². The van der Waals surface area contributed by atoms with Gasteiger partial charge in [0.05, 0.1) is 5.02 Å². The highest BCUT2D eigenvalue weighted by Crippen LogP contribution is 2.40. The lowest BCUT2D eigenvalue weighted by molar-refractivity contribution is 0.174. The van der Waals surface area contributed by atoms with Crippen molar-refractivity contribution in [3.8, 4) is 11.5 Å². The maximum absolute atomic E-state index is 6.07. The summed E-state index contributed by atoms with van der Waals surface area (Å²) in [5.74, 6) is 1.36. The molecule has 13 heavy (non-hydrogen) atoms. The SMILES string of the molecule is NCCc1ccc2c(c1Cl)OCO2. The fourth-order valence-electron chi connectivity index (χ4n) is 1.33. The van der Waals surface area contributed by atoms with Gasteiger partial charge in [0.1, 0.15) is 0 Å². The van der Waals surface area contributed by atoms with E-state index < -0.39 is 0 Å². The van der Waals surface area contributed by atoms with E-state index in [0.29, 0.717) is 23.1 Å². The predicted molar refractivity (Wildman–Crippen MR) is 50.3 cm³/mol. The molecule has 0 bridgehead atoms. The Morgan fingerprint density at radius 1 is 1.38 bits per heavy atom. The van der Waals surface area contributed by atoms with Crippen molar-refractivity contribution in [2.75, 3.05) is 13.3 Å². The summed E-state index contributed by atoms with van der Waals surface area (Å²) in [6.07, 6.45) is 0.759. The first-order valence-electron chi connectivity index (χ1n) is 4.10. The molecule has 2 N–H and O–H groups in total. The highest BCUT2D eigenvalue weighted by atomic mass is 35.5. The third-order valence-electron chi connectivity index (χ3n) is 1.97. The van der Waals surface area contributed by atoms with Gasteiger partial charge in [-0.2, -0.15) is 0 Å². The number of fused-ring (bicyclic) bond motifs is 1. The molecule has 70 valence electrons. The minimum Gasteiger partial charge on any atom is -0.454 e. The van der Waals surface area contributed by atoms with Crippen molar-refractivity contribution in [3.05, 3.63) is 22.7 Å². The quantitative estimate of drug-likeness (QED) is 0.787. The molecule has 0 fully saturated rings. The van der Waals surface area contributed by atoms with Crippen LogP contribution >= 0.6 is 11.6 Å². The smallest absolute Gasteiger partial charge is 0.231 e. The van der Waals surface area contributed by atoms with Crippen LogP contribution in [-0.2, 0) is 6.42 Å². The van der Waals surface area contributed by atoms with Crippen LogP contribution in [0, 0.1) is 0 Å². The number of nitrogens with two attached hydrogens (primary N) is 1. The van der Waals surface area contributed by atoms with E-state index in [-0.39, 0.29) is 6.79 Å². The number of hydrogen-bond acceptors (Lipinski definition) is 3. The van der Waals surface area contributed by atoms with Crippen LogP contribution in [0.3, 0.4) is 0 Å². The minimum absolute atomic E-state index is 0.251. The normalized spacial score (nSPS) is 13.4. The maximum atomic E-state index is 6.07. The monoisotopic (exact) mass is 199 g/mol. The molecule has 2 rings (SSSR count). The molecule has 0 amide bonds. The molecule has 0 radical (unpaired) electrons. The zero-order valence-electron chi connectivity index (χ0n) is 7.05. The summed E-state index contributed by atoms with van der Waals surface area (Å²) in [5, 5.41) is 0.625. The topological polar surface area (TPSA) is 44.5 Å². The Bertz CT molecular complexity index is 328. The summed E-state index contributed by atoms with van der Waals surface area (Å²) in [6.45, 7) is 0.834. The average molecular weight is 200 g/mol.